The molecule has 0 heterocycles. The molecule has 0 aliphatic rings. The van der Waals surface area contributed by atoms with Gasteiger partial charge in [0.05, 0.1) is 0 Å². The predicted octanol–water partition coefficient (Wildman–Crippen LogP) is 2.18. The molecule has 0 aromatic rings. The fraction of sp³-hybridized carbons (Fsp3) is 0.714. The van der Waals surface area contributed by atoms with Crippen LogP contribution in [0.1, 0.15) is 32.6 Å². The minimum absolute atomic E-state index is 0. The van der Waals surface area contributed by atoms with Gasteiger partial charge in [-0.3, -0.25) is 0 Å². The Balaban J connectivity index is -0.000000114. The van der Waals surface area contributed by atoms with Crippen molar-refractivity contribution in [2.24, 2.45) is 5.73 Å². The summed E-state index contributed by atoms with van der Waals surface area (Å²) in [5.41, 5.74) is 4.66. The maximum absolute atomic E-state index is 4.66. The van der Waals surface area contributed by atoms with E-state index < -0.39 is 0 Å². The van der Waals surface area contributed by atoms with Gasteiger partial charge >= 0.3 is 19.5 Å². The second kappa shape index (κ2) is 17.0. The first-order valence-corrected chi connectivity index (χ1v) is 4.22. The largest absolute Gasteiger partial charge is 2.00 e. The van der Waals surface area contributed by atoms with Crippen molar-refractivity contribution in [2.75, 3.05) is 0 Å². The van der Waals surface area contributed by atoms with Crippen molar-refractivity contribution < 1.29 is 19.5 Å². The van der Waals surface area contributed by atoms with E-state index >= 15 is 0 Å². The van der Waals surface area contributed by atoms with Gasteiger partial charge in [-0.1, -0.05) is 30.5 Å². The van der Waals surface area contributed by atoms with Crippen molar-refractivity contribution in [3.05, 3.63) is 6.92 Å². The van der Waals surface area contributed by atoms with Gasteiger partial charge in [0, 0.05) is 0 Å². The number of hydrogen-bond acceptors (Lipinski definition) is 2. The minimum atomic E-state index is 0. The molecule has 2 N–H and O–H groups in total. The van der Waals surface area contributed by atoms with Crippen molar-refractivity contribution >= 4 is 29.2 Å². The summed E-state index contributed by atoms with van der Waals surface area (Å²) in [5.74, 6) is 0. The second-order valence-electron chi connectivity index (χ2n) is 1.88. The minimum Gasteiger partial charge on any atom is -0.415 e. The zero-order valence-corrected chi connectivity index (χ0v) is 11.7. The Morgan fingerprint density at radius 1 is 1.55 bits per heavy atom. The molecule has 1 nitrogen and oxygen atoms in total. The smallest absolute Gasteiger partial charge is 0.415 e. The Bertz CT molecular complexity index is 70.8. The maximum atomic E-state index is 4.66. The van der Waals surface area contributed by atoms with Crippen LogP contribution in [0.25, 0.3) is 0 Å². The molecule has 0 radical (unpaired) electrons. The molecule has 11 heavy (non-hydrogen) atoms. The van der Waals surface area contributed by atoms with Crippen molar-refractivity contribution in [1.82, 2.24) is 0 Å². The molecule has 0 fully saturated rings. The Morgan fingerprint density at radius 3 is 2.00 bits per heavy atom. The maximum Gasteiger partial charge on any atom is 2.00 e. The SMILES string of the molecule is NC(=S)[S-].[CH2-]CCCCC.[Zn+2]. The Hall–Kier alpha value is 0.733. The summed E-state index contributed by atoms with van der Waals surface area (Å²) in [6.45, 7) is 5.93. The van der Waals surface area contributed by atoms with Gasteiger partial charge in [0.25, 0.3) is 0 Å². The fourth-order valence-corrected chi connectivity index (χ4v) is 0.427. The fourth-order valence-electron chi connectivity index (χ4n) is 0.427. The van der Waals surface area contributed by atoms with Crippen LogP contribution in [0.2, 0.25) is 0 Å². The molecule has 0 aromatic heterocycles. The van der Waals surface area contributed by atoms with Crippen LogP contribution in [-0.4, -0.2) is 4.32 Å². The van der Waals surface area contributed by atoms with E-state index in [1.807, 2.05) is 0 Å². The number of nitrogens with two attached hydrogens (primary N) is 1. The van der Waals surface area contributed by atoms with Gasteiger partial charge in [0.2, 0.25) is 0 Å². The third-order valence-electron chi connectivity index (χ3n) is 0.854. The Kier molecular flexibility index (Phi) is 27.4. The molecule has 0 saturated heterocycles. The molecule has 0 saturated carbocycles. The Labute approximate surface area is 93.7 Å². The molecule has 4 heteroatoms. The van der Waals surface area contributed by atoms with Crippen LogP contribution >= 0.6 is 12.2 Å². The van der Waals surface area contributed by atoms with E-state index in [1.165, 1.54) is 19.3 Å². The standard InChI is InChI=1S/C6H13.CH3NS2.Zn/c1-3-5-6-4-2;2-1(3)4;/h1,3-6H2,2H3;(H3,2,3,4);/q-1;;+2/p-1. The van der Waals surface area contributed by atoms with E-state index in [2.05, 4.69) is 44.4 Å². The molecular formula is C7H15NS2Zn. The van der Waals surface area contributed by atoms with Gasteiger partial charge < -0.3 is 37.5 Å². The molecule has 0 unspecified atom stereocenters. The quantitative estimate of drug-likeness (QED) is 0.270. The van der Waals surface area contributed by atoms with Crippen LogP contribution in [0.15, 0.2) is 0 Å². The predicted molar refractivity (Wildman–Crippen MR) is 53.6 cm³/mol. The first kappa shape index (κ1) is 17.7. The van der Waals surface area contributed by atoms with Gasteiger partial charge in [-0.05, 0) is 0 Å². The second-order valence-corrected chi connectivity index (χ2v) is 3.02. The monoisotopic (exact) mass is 241 g/mol. The Morgan fingerprint density at radius 2 is 1.91 bits per heavy atom. The molecule has 62 valence electrons. The molecule has 0 rings (SSSR count). The number of hydrogen-bond donors (Lipinski definition) is 1. The number of unbranched alkanes of at least 4 members (excludes halogenated alkanes) is 3. The summed E-state index contributed by atoms with van der Waals surface area (Å²) in [6.07, 6.45) is 5.07. The van der Waals surface area contributed by atoms with Gasteiger partial charge in [0.15, 0.2) is 0 Å². The first-order valence-electron chi connectivity index (χ1n) is 3.40. The van der Waals surface area contributed by atoms with E-state index in [0.717, 1.165) is 6.42 Å². The summed E-state index contributed by atoms with van der Waals surface area (Å²) in [5, 5.41) is 0. The summed E-state index contributed by atoms with van der Waals surface area (Å²) in [7, 11) is 0. The first-order chi connectivity index (χ1) is 4.65. The van der Waals surface area contributed by atoms with Crippen molar-refractivity contribution in [1.29, 1.82) is 0 Å². The summed E-state index contributed by atoms with van der Waals surface area (Å²) >= 11 is 8.26. The van der Waals surface area contributed by atoms with Gasteiger partial charge in [-0.25, -0.2) is 0 Å². The van der Waals surface area contributed by atoms with E-state index in [1.54, 1.807) is 0 Å². The molecule has 0 aliphatic carbocycles. The van der Waals surface area contributed by atoms with Crippen LogP contribution < -0.4 is 5.73 Å². The normalized spacial score (nSPS) is 7.09. The third kappa shape index (κ3) is 58.7. The number of rotatable bonds is 3. The molecular weight excluding hydrogens is 228 g/mol. The van der Waals surface area contributed by atoms with Crippen LogP contribution in [-0.2, 0) is 32.1 Å². The van der Waals surface area contributed by atoms with Crippen molar-refractivity contribution in [3.63, 3.8) is 0 Å². The van der Waals surface area contributed by atoms with Gasteiger partial charge in [-0.15, -0.1) is 0 Å². The van der Waals surface area contributed by atoms with Crippen molar-refractivity contribution in [2.45, 2.75) is 32.6 Å². The van der Waals surface area contributed by atoms with Crippen LogP contribution in [0, 0.1) is 6.92 Å². The molecule has 0 amide bonds. The summed E-state index contributed by atoms with van der Waals surface area (Å²) in [6, 6.07) is 0. The average Bonchev–Trinajstić information content (AvgIpc) is 1.82. The van der Waals surface area contributed by atoms with E-state index in [9.17, 15) is 0 Å². The number of thiocarbonyl (C=S) groups is 1. The van der Waals surface area contributed by atoms with Crippen LogP contribution in [0.5, 0.6) is 0 Å². The van der Waals surface area contributed by atoms with E-state index in [4.69, 9.17) is 0 Å². The van der Waals surface area contributed by atoms with E-state index in [0.29, 0.717) is 0 Å². The van der Waals surface area contributed by atoms with Gasteiger partial charge in [-0.2, -0.15) is 6.42 Å². The third-order valence-corrected chi connectivity index (χ3v) is 0.854. The molecule has 0 bridgehead atoms. The average molecular weight is 243 g/mol. The molecule has 0 aliphatic heterocycles. The molecule has 0 atom stereocenters. The van der Waals surface area contributed by atoms with Crippen LogP contribution in [0.3, 0.4) is 0 Å². The zero-order valence-electron chi connectivity index (χ0n) is 7.14. The van der Waals surface area contributed by atoms with Crippen LogP contribution in [0.4, 0.5) is 0 Å². The summed E-state index contributed by atoms with van der Waals surface area (Å²) in [4.78, 5) is 0. The summed E-state index contributed by atoms with van der Waals surface area (Å²) < 4.78 is 0.0833. The zero-order chi connectivity index (χ0) is 8.41. The molecule has 0 aromatic carbocycles. The van der Waals surface area contributed by atoms with Gasteiger partial charge in [0.1, 0.15) is 0 Å². The topological polar surface area (TPSA) is 26.0 Å². The van der Waals surface area contributed by atoms with E-state index in [-0.39, 0.29) is 23.8 Å². The van der Waals surface area contributed by atoms with Crippen molar-refractivity contribution in [3.8, 4) is 0 Å². The molecule has 0 spiro atoms.